The standard InChI is InChI=1S/C13H22BNO6/c1-6-7-19-11(18)15-9(10(16)17)8-14-20-12(2,3)13(4,5)21-14/h6,9H,1,7-8H2,2-5H3,(H,15,18)(H,16,17). The van der Waals surface area contributed by atoms with Crippen molar-refractivity contribution in [2.75, 3.05) is 6.61 Å². The van der Waals surface area contributed by atoms with Crippen molar-refractivity contribution in [2.24, 2.45) is 0 Å². The third-order valence-corrected chi connectivity index (χ3v) is 3.65. The molecule has 0 bridgehead atoms. The quantitative estimate of drug-likeness (QED) is 0.569. The van der Waals surface area contributed by atoms with E-state index in [1.807, 2.05) is 27.7 Å². The van der Waals surface area contributed by atoms with E-state index in [0.29, 0.717) is 0 Å². The van der Waals surface area contributed by atoms with Crippen LogP contribution in [0.25, 0.3) is 0 Å². The zero-order chi connectivity index (χ0) is 16.3. The maximum atomic E-state index is 11.4. The third kappa shape index (κ3) is 4.47. The average Bonchev–Trinajstić information content (AvgIpc) is 2.54. The molecule has 0 aromatic rings. The van der Waals surface area contributed by atoms with Crippen LogP contribution in [0.3, 0.4) is 0 Å². The first-order chi connectivity index (χ1) is 9.59. The lowest BCUT2D eigenvalue weighted by atomic mass is 9.80. The highest BCUT2D eigenvalue weighted by Crippen LogP contribution is 2.37. The number of alkyl carbamates (subject to hydrolysis) is 1. The molecule has 1 saturated heterocycles. The Labute approximate surface area is 124 Å². The van der Waals surface area contributed by atoms with E-state index in [9.17, 15) is 9.59 Å². The second-order valence-electron chi connectivity index (χ2n) is 5.84. The lowest BCUT2D eigenvalue weighted by Gasteiger charge is -2.32. The zero-order valence-corrected chi connectivity index (χ0v) is 12.8. The number of carbonyl (C=O) groups excluding carboxylic acids is 1. The summed E-state index contributed by atoms with van der Waals surface area (Å²) in [6.07, 6.45) is 0.563. The largest absolute Gasteiger partial charge is 0.480 e. The van der Waals surface area contributed by atoms with E-state index in [4.69, 9.17) is 19.2 Å². The van der Waals surface area contributed by atoms with Crippen LogP contribution in [-0.2, 0) is 18.8 Å². The number of carboxylic acid groups (broad SMARTS) is 1. The highest BCUT2D eigenvalue weighted by Gasteiger charge is 2.52. The topological polar surface area (TPSA) is 94.1 Å². The predicted octanol–water partition coefficient (Wildman–Crippen LogP) is 1.44. The van der Waals surface area contributed by atoms with Crippen LogP contribution in [0.15, 0.2) is 12.7 Å². The second kappa shape index (κ2) is 6.49. The first-order valence-corrected chi connectivity index (χ1v) is 6.71. The molecule has 0 radical (unpaired) electrons. The number of hydrogen-bond donors (Lipinski definition) is 2. The van der Waals surface area contributed by atoms with Crippen molar-refractivity contribution in [1.29, 1.82) is 0 Å². The van der Waals surface area contributed by atoms with Gasteiger partial charge in [0, 0.05) is 6.32 Å². The molecule has 7 nitrogen and oxygen atoms in total. The lowest BCUT2D eigenvalue weighted by Crippen LogP contribution is -2.44. The molecule has 2 N–H and O–H groups in total. The van der Waals surface area contributed by atoms with E-state index in [1.54, 1.807) is 0 Å². The Morgan fingerprint density at radius 3 is 2.29 bits per heavy atom. The summed E-state index contributed by atoms with van der Waals surface area (Å²) in [6.45, 7) is 10.9. The fraction of sp³-hybridized carbons (Fsp3) is 0.692. The van der Waals surface area contributed by atoms with E-state index < -0.39 is 36.4 Å². The molecule has 1 unspecified atom stereocenters. The molecule has 0 aromatic heterocycles. The average molecular weight is 299 g/mol. The summed E-state index contributed by atoms with van der Waals surface area (Å²) in [6, 6.07) is -1.16. The minimum Gasteiger partial charge on any atom is -0.480 e. The maximum Gasteiger partial charge on any atom is 0.460 e. The van der Waals surface area contributed by atoms with Gasteiger partial charge in [-0.25, -0.2) is 4.79 Å². The minimum absolute atomic E-state index is 0.00855. The van der Waals surface area contributed by atoms with E-state index in [-0.39, 0.29) is 12.9 Å². The van der Waals surface area contributed by atoms with Crippen LogP contribution in [0.4, 0.5) is 4.79 Å². The van der Waals surface area contributed by atoms with E-state index in [1.165, 1.54) is 6.08 Å². The summed E-state index contributed by atoms with van der Waals surface area (Å²) in [5.41, 5.74) is -1.10. The first-order valence-electron chi connectivity index (χ1n) is 6.71. The van der Waals surface area contributed by atoms with Crippen molar-refractivity contribution < 1.29 is 28.7 Å². The number of ether oxygens (including phenoxy) is 1. The molecular formula is C13H22BNO6. The smallest absolute Gasteiger partial charge is 0.460 e. The van der Waals surface area contributed by atoms with Crippen LogP contribution in [-0.4, -0.2) is 48.1 Å². The van der Waals surface area contributed by atoms with Crippen LogP contribution in [0.1, 0.15) is 27.7 Å². The van der Waals surface area contributed by atoms with Gasteiger partial charge in [-0.3, -0.25) is 4.79 Å². The number of hydrogen-bond acceptors (Lipinski definition) is 5. The molecule has 0 spiro atoms. The van der Waals surface area contributed by atoms with Gasteiger partial charge in [-0.15, -0.1) is 0 Å². The molecule has 0 aromatic carbocycles. The van der Waals surface area contributed by atoms with E-state index in [2.05, 4.69) is 11.9 Å². The predicted molar refractivity (Wildman–Crippen MR) is 77.0 cm³/mol. The highest BCUT2D eigenvalue weighted by atomic mass is 16.7. The fourth-order valence-electron chi connectivity index (χ4n) is 1.79. The van der Waals surface area contributed by atoms with Gasteiger partial charge in [0.05, 0.1) is 11.2 Å². The van der Waals surface area contributed by atoms with Gasteiger partial charge in [-0.05, 0) is 27.7 Å². The minimum atomic E-state index is -1.18. The molecule has 118 valence electrons. The van der Waals surface area contributed by atoms with Crippen molar-refractivity contribution in [3.05, 3.63) is 12.7 Å². The third-order valence-electron chi connectivity index (χ3n) is 3.65. The number of nitrogens with one attached hydrogen (secondary N) is 1. The van der Waals surface area contributed by atoms with Gasteiger partial charge in [0.1, 0.15) is 12.6 Å². The normalized spacial score (nSPS) is 20.7. The lowest BCUT2D eigenvalue weighted by molar-refractivity contribution is -0.139. The highest BCUT2D eigenvalue weighted by molar-refractivity contribution is 6.46. The molecule has 1 amide bonds. The molecule has 1 aliphatic rings. The molecule has 1 fully saturated rings. The van der Waals surface area contributed by atoms with E-state index in [0.717, 1.165) is 0 Å². The SMILES string of the molecule is C=CCOC(=O)NC(CB1OC(C)(C)C(C)(C)O1)C(=O)O. The molecule has 1 aliphatic heterocycles. The summed E-state index contributed by atoms with van der Waals surface area (Å²) in [5, 5.41) is 11.4. The molecular weight excluding hydrogens is 277 g/mol. The summed E-state index contributed by atoms with van der Waals surface area (Å²) in [7, 11) is -0.712. The number of carboxylic acids is 1. The summed E-state index contributed by atoms with van der Waals surface area (Å²) < 4.78 is 16.1. The second-order valence-corrected chi connectivity index (χ2v) is 5.84. The molecule has 21 heavy (non-hydrogen) atoms. The summed E-state index contributed by atoms with van der Waals surface area (Å²) in [4.78, 5) is 22.6. The van der Waals surface area contributed by atoms with Crippen molar-refractivity contribution in [2.45, 2.75) is 51.3 Å². The van der Waals surface area contributed by atoms with Crippen molar-refractivity contribution in [3.8, 4) is 0 Å². The van der Waals surface area contributed by atoms with Crippen molar-refractivity contribution in [1.82, 2.24) is 5.32 Å². The van der Waals surface area contributed by atoms with Crippen molar-refractivity contribution in [3.63, 3.8) is 0 Å². The molecule has 8 heteroatoms. The number of amides is 1. The molecule has 0 saturated carbocycles. The van der Waals surface area contributed by atoms with Gasteiger partial charge in [-0.2, -0.15) is 0 Å². The van der Waals surface area contributed by atoms with Crippen molar-refractivity contribution >= 4 is 19.2 Å². The Hall–Kier alpha value is -1.54. The monoisotopic (exact) mass is 299 g/mol. The van der Waals surface area contributed by atoms with Gasteiger partial charge in [-0.1, -0.05) is 12.7 Å². The van der Waals surface area contributed by atoms with Crippen LogP contribution in [0.5, 0.6) is 0 Å². The maximum absolute atomic E-state index is 11.4. The zero-order valence-electron chi connectivity index (χ0n) is 12.8. The Bertz CT molecular complexity index is 407. The molecule has 1 atom stereocenters. The Morgan fingerprint density at radius 1 is 1.33 bits per heavy atom. The fourth-order valence-corrected chi connectivity index (χ4v) is 1.79. The summed E-state index contributed by atoms with van der Waals surface area (Å²) in [5.74, 6) is -1.18. The first kappa shape index (κ1) is 17.5. The van der Waals surface area contributed by atoms with Gasteiger partial charge < -0.3 is 24.5 Å². The van der Waals surface area contributed by atoms with Gasteiger partial charge in [0.15, 0.2) is 0 Å². The van der Waals surface area contributed by atoms with Crippen LogP contribution < -0.4 is 5.32 Å². The van der Waals surface area contributed by atoms with Gasteiger partial charge in [0.25, 0.3) is 0 Å². The molecule has 1 rings (SSSR count). The van der Waals surface area contributed by atoms with Crippen LogP contribution in [0, 0.1) is 0 Å². The van der Waals surface area contributed by atoms with Crippen LogP contribution in [0.2, 0.25) is 6.32 Å². The van der Waals surface area contributed by atoms with Gasteiger partial charge >= 0.3 is 19.2 Å². The number of rotatable bonds is 6. The molecule has 0 aliphatic carbocycles. The number of aliphatic carboxylic acids is 1. The number of carbonyl (C=O) groups is 2. The Kier molecular flexibility index (Phi) is 5.41. The Balaban J connectivity index is 2.62. The summed E-state index contributed by atoms with van der Waals surface area (Å²) >= 11 is 0. The Morgan fingerprint density at radius 2 is 1.86 bits per heavy atom. The van der Waals surface area contributed by atoms with E-state index >= 15 is 0 Å². The molecule has 1 heterocycles. The van der Waals surface area contributed by atoms with Gasteiger partial charge in [0.2, 0.25) is 0 Å². The van der Waals surface area contributed by atoms with Crippen LogP contribution >= 0.6 is 0 Å².